The molecule has 3 atom stereocenters. The van der Waals surface area contributed by atoms with Gasteiger partial charge in [0.1, 0.15) is 6.04 Å². The molecular formula is C25H23N3O3. The molecule has 5 rings (SSSR count). The third kappa shape index (κ3) is 3.44. The number of amides is 2. The van der Waals surface area contributed by atoms with E-state index in [0.717, 1.165) is 28.3 Å². The summed E-state index contributed by atoms with van der Waals surface area (Å²) in [6.07, 6.45) is 0.757. The van der Waals surface area contributed by atoms with Gasteiger partial charge in [0, 0.05) is 17.7 Å². The lowest BCUT2D eigenvalue weighted by Gasteiger charge is -2.27. The van der Waals surface area contributed by atoms with Crippen molar-refractivity contribution in [3.8, 4) is 0 Å². The van der Waals surface area contributed by atoms with Crippen molar-refractivity contribution in [1.82, 2.24) is 4.90 Å². The van der Waals surface area contributed by atoms with Gasteiger partial charge in [0.2, 0.25) is 11.8 Å². The first-order valence-corrected chi connectivity index (χ1v) is 10.5. The number of likely N-dealkylation sites (tertiary alicyclic amines) is 1. The van der Waals surface area contributed by atoms with Crippen LogP contribution in [0.2, 0.25) is 0 Å². The zero-order valence-electron chi connectivity index (χ0n) is 17.0. The Labute approximate surface area is 180 Å². The third-order valence-corrected chi connectivity index (χ3v) is 6.05. The van der Waals surface area contributed by atoms with E-state index in [1.54, 1.807) is 4.90 Å². The van der Waals surface area contributed by atoms with E-state index >= 15 is 0 Å². The Morgan fingerprint density at radius 3 is 2.52 bits per heavy atom. The van der Waals surface area contributed by atoms with Crippen LogP contribution in [0, 0.1) is 0 Å². The quantitative estimate of drug-likeness (QED) is 0.713. The maximum absolute atomic E-state index is 13.6. The molecule has 31 heavy (non-hydrogen) atoms. The fourth-order valence-electron chi connectivity index (χ4n) is 4.55. The van der Waals surface area contributed by atoms with Crippen LogP contribution in [0.4, 0.5) is 0 Å². The number of aliphatic imine (C=N–C) groups is 1. The van der Waals surface area contributed by atoms with Crippen molar-refractivity contribution in [2.24, 2.45) is 10.7 Å². The van der Waals surface area contributed by atoms with Crippen LogP contribution in [0.1, 0.15) is 30.1 Å². The van der Waals surface area contributed by atoms with Gasteiger partial charge in [-0.2, -0.15) is 0 Å². The van der Waals surface area contributed by atoms with Crippen LogP contribution in [-0.4, -0.2) is 41.2 Å². The number of nitrogens with two attached hydrogens (primary N) is 1. The van der Waals surface area contributed by atoms with Crippen LogP contribution < -0.4 is 5.73 Å². The van der Waals surface area contributed by atoms with Gasteiger partial charge in [0.25, 0.3) is 5.91 Å². The van der Waals surface area contributed by atoms with Gasteiger partial charge in [-0.15, -0.1) is 0 Å². The summed E-state index contributed by atoms with van der Waals surface area (Å²) < 4.78 is 6.32. The lowest BCUT2D eigenvalue weighted by atomic mass is 9.95. The van der Waals surface area contributed by atoms with E-state index in [-0.39, 0.29) is 5.91 Å². The molecule has 2 aliphatic heterocycles. The molecule has 0 spiro atoms. The molecule has 3 aromatic carbocycles. The number of hydrogen-bond donors (Lipinski definition) is 1. The summed E-state index contributed by atoms with van der Waals surface area (Å²) in [6.45, 7) is 0.501. The van der Waals surface area contributed by atoms with E-state index in [9.17, 15) is 9.59 Å². The molecule has 1 saturated heterocycles. The molecule has 0 aromatic heterocycles. The normalized spacial score (nSPS) is 22.9. The second kappa shape index (κ2) is 7.87. The average Bonchev–Trinajstić information content (AvgIpc) is 3.47. The maximum atomic E-state index is 13.6. The Morgan fingerprint density at radius 2 is 1.71 bits per heavy atom. The molecule has 0 unspecified atom stereocenters. The first-order chi connectivity index (χ1) is 15.1. The highest BCUT2D eigenvalue weighted by Gasteiger charge is 2.44. The van der Waals surface area contributed by atoms with E-state index in [4.69, 9.17) is 15.5 Å². The molecule has 156 valence electrons. The molecule has 2 amide bonds. The van der Waals surface area contributed by atoms with E-state index in [1.165, 1.54) is 0 Å². The summed E-state index contributed by atoms with van der Waals surface area (Å²) in [6, 6.07) is 22.2. The second-order valence-electron chi connectivity index (χ2n) is 7.94. The molecule has 0 radical (unpaired) electrons. The van der Waals surface area contributed by atoms with E-state index in [1.807, 2.05) is 72.8 Å². The van der Waals surface area contributed by atoms with Gasteiger partial charge >= 0.3 is 0 Å². The monoisotopic (exact) mass is 413 g/mol. The van der Waals surface area contributed by atoms with Crippen molar-refractivity contribution in [2.45, 2.75) is 31.0 Å². The maximum Gasteiger partial charge on any atom is 0.252 e. The smallest absolute Gasteiger partial charge is 0.252 e. The summed E-state index contributed by atoms with van der Waals surface area (Å²) in [5.41, 5.74) is 7.28. The summed E-state index contributed by atoms with van der Waals surface area (Å²) in [7, 11) is 0. The highest BCUT2D eigenvalue weighted by molar-refractivity contribution is 6.00. The van der Waals surface area contributed by atoms with Crippen LogP contribution in [0.5, 0.6) is 0 Å². The Balaban J connectivity index is 1.58. The largest absolute Gasteiger partial charge is 0.466 e. The number of hydrogen-bond acceptors (Lipinski definition) is 4. The van der Waals surface area contributed by atoms with Gasteiger partial charge in [-0.05, 0) is 35.7 Å². The molecule has 6 nitrogen and oxygen atoms in total. The summed E-state index contributed by atoms with van der Waals surface area (Å²) in [5, 5.41) is 2.09. The molecular weight excluding hydrogens is 390 g/mol. The van der Waals surface area contributed by atoms with Gasteiger partial charge in [0.05, 0.1) is 0 Å². The van der Waals surface area contributed by atoms with Crippen molar-refractivity contribution in [2.75, 3.05) is 6.54 Å². The third-order valence-electron chi connectivity index (χ3n) is 6.05. The minimum Gasteiger partial charge on any atom is -0.466 e. The molecule has 0 bridgehead atoms. The SMILES string of the molecule is NC(=O)[C@@H]1CCCN1C(=O)[C@@H]1N=C(c2ccccc2)O[C@@H]1c1cccc2ccccc12. The van der Waals surface area contributed by atoms with E-state index in [0.29, 0.717) is 18.9 Å². The highest BCUT2D eigenvalue weighted by atomic mass is 16.5. The van der Waals surface area contributed by atoms with E-state index < -0.39 is 24.1 Å². The van der Waals surface area contributed by atoms with Crippen LogP contribution >= 0.6 is 0 Å². The van der Waals surface area contributed by atoms with Crippen molar-refractivity contribution in [3.05, 3.63) is 83.9 Å². The van der Waals surface area contributed by atoms with Crippen LogP contribution in [-0.2, 0) is 14.3 Å². The Hall–Kier alpha value is -3.67. The zero-order chi connectivity index (χ0) is 21.4. The number of carbonyl (C=O) groups excluding carboxylic acids is 2. The molecule has 2 aliphatic rings. The van der Waals surface area contributed by atoms with E-state index in [2.05, 4.69) is 0 Å². The van der Waals surface area contributed by atoms with Crippen molar-refractivity contribution in [3.63, 3.8) is 0 Å². The molecule has 1 fully saturated rings. The number of rotatable bonds is 4. The lowest BCUT2D eigenvalue weighted by molar-refractivity contribution is -0.139. The zero-order valence-corrected chi connectivity index (χ0v) is 17.0. The van der Waals surface area contributed by atoms with Crippen molar-refractivity contribution < 1.29 is 14.3 Å². The molecule has 6 heteroatoms. The number of carbonyl (C=O) groups is 2. The summed E-state index contributed by atoms with van der Waals surface area (Å²) in [5.74, 6) is -0.254. The van der Waals surface area contributed by atoms with Gasteiger partial charge in [-0.1, -0.05) is 60.7 Å². The second-order valence-corrected chi connectivity index (χ2v) is 7.94. The van der Waals surface area contributed by atoms with Gasteiger partial charge in [0.15, 0.2) is 12.1 Å². The fraction of sp³-hybridized carbons (Fsp3) is 0.240. The van der Waals surface area contributed by atoms with Crippen molar-refractivity contribution >= 4 is 28.5 Å². The van der Waals surface area contributed by atoms with Crippen LogP contribution in [0.25, 0.3) is 10.8 Å². The summed E-state index contributed by atoms with van der Waals surface area (Å²) >= 11 is 0. The highest BCUT2D eigenvalue weighted by Crippen LogP contribution is 2.37. The van der Waals surface area contributed by atoms with Gasteiger partial charge in [-0.3, -0.25) is 9.59 Å². The predicted octanol–water partition coefficient (Wildman–Crippen LogP) is 3.20. The fourth-order valence-corrected chi connectivity index (χ4v) is 4.55. The minimum atomic E-state index is -0.777. The molecule has 2 N–H and O–H groups in total. The molecule has 3 aromatic rings. The molecule has 2 heterocycles. The Kier molecular flexibility index (Phi) is 4.90. The Bertz CT molecular complexity index is 1170. The number of nitrogens with zero attached hydrogens (tertiary/aromatic N) is 2. The first kappa shape index (κ1) is 19.3. The first-order valence-electron chi connectivity index (χ1n) is 10.5. The van der Waals surface area contributed by atoms with Crippen molar-refractivity contribution in [1.29, 1.82) is 0 Å². The average molecular weight is 413 g/mol. The van der Waals surface area contributed by atoms with Gasteiger partial charge in [-0.25, -0.2) is 4.99 Å². The molecule has 0 aliphatic carbocycles. The topological polar surface area (TPSA) is 85.0 Å². The van der Waals surface area contributed by atoms with Crippen LogP contribution in [0.15, 0.2) is 77.8 Å². The number of fused-ring (bicyclic) bond motifs is 1. The number of primary amides is 1. The minimum absolute atomic E-state index is 0.217. The lowest BCUT2D eigenvalue weighted by Crippen LogP contribution is -2.48. The number of ether oxygens (including phenoxy) is 1. The molecule has 0 saturated carbocycles. The Morgan fingerprint density at radius 1 is 0.968 bits per heavy atom. The predicted molar refractivity (Wildman–Crippen MR) is 118 cm³/mol. The van der Waals surface area contributed by atoms with Crippen LogP contribution in [0.3, 0.4) is 0 Å². The number of benzene rings is 3. The summed E-state index contributed by atoms with van der Waals surface area (Å²) in [4.78, 5) is 31.8. The standard InChI is InChI=1S/C25H23N3O3/c26-23(29)20-14-7-15-28(20)25(30)21-22(31-24(27-21)17-9-2-1-3-10-17)19-13-6-11-16-8-4-5-12-18(16)19/h1-6,8-13,20-22H,7,14-15H2,(H2,26,29)/t20-,21+,22+/m0/s1. The van der Waals surface area contributed by atoms with Gasteiger partial charge < -0.3 is 15.4 Å².